The van der Waals surface area contributed by atoms with Crippen LogP contribution in [0.15, 0.2) is 36.4 Å². The van der Waals surface area contributed by atoms with Crippen molar-refractivity contribution in [1.82, 2.24) is 15.2 Å². The van der Waals surface area contributed by atoms with Crippen LogP contribution in [-0.4, -0.2) is 28.0 Å². The van der Waals surface area contributed by atoms with Crippen LogP contribution in [0.1, 0.15) is 11.1 Å². The second-order valence-electron chi connectivity index (χ2n) is 5.76. The number of ether oxygens (including phenoxy) is 1. The number of hydrogen-bond donors (Lipinski definition) is 0. The minimum absolute atomic E-state index is 0.0899. The van der Waals surface area contributed by atoms with Gasteiger partial charge in [0.1, 0.15) is 11.0 Å². The molecule has 0 aliphatic heterocycles. The number of benzene rings is 2. The average molecular weight is 387 g/mol. The van der Waals surface area contributed by atoms with Gasteiger partial charge in [-0.15, -0.1) is 5.10 Å². The van der Waals surface area contributed by atoms with Crippen LogP contribution in [0.5, 0.6) is 6.01 Å². The first-order valence-electron chi connectivity index (χ1n) is 7.55. The summed E-state index contributed by atoms with van der Waals surface area (Å²) in [6.45, 7) is 0.0945. The first-order valence-corrected chi connectivity index (χ1v) is 7.55. The second kappa shape index (κ2) is 6.67. The Morgan fingerprint density at radius 2 is 1.70 bits per heavy atom. The molecule has 0 spiro atoms. The number of aromatic nitrogens is 3. The maximum atomic E-state index is 13.0. The van der Waals surface area contributed by atoms with Crippen molar-refractivity contribution < 1.29 is 31.1 Å². The molecule has 142 valence electrons. The minimum atomic E-state index is -4.59. The number of alkyl halides is 6. The molecule has 0 aliphatic rings. The van der Waals surface area contributed by atoms with Gasteiger partial charge in [-0.2, -0.15) is 31.3 Å². The highest BCUT2D eigenvalue weighted by Crippen LogP contribution is 2.34. The zero-order chi connectivity index (χ0) is 19.8. The number of hydrogen-bond acceptors (Lipinski definition) is 4. The van der Waals surface area contributed by atoms with Crippen molar-refractivity contribution in [2.45, 2.75) is 19.3 Å². The van der Waals surface area contributed by atoms with Crippen molar-refractivity contribution in [2.75, 3.05) is 6.61 Å². The van der Waals surface area contributed by atoms with E-state index < -0.39 is 30.5 Å². The lowest BCUT2D eigenvalue weighted by Gasteiger charge is -2.12. The summed E-state index contributed by atoms with van der Waals surface area (Å²) < 4.78 is 80.4. The molecule has 0 atom stereocenters. The van der Waals surface area contributed by atoms with Crippen molar-refractivity contribution in [3.8, 4) is 17.1 Å². The SMILES string of the molecule is Cc1cc(-c2cccc(C(F)(F)F)c2)c2nc(OCC(F)(F)F)nnc2c1. The molecule has 1 heterocycles. The average Bonchev–Trinajstić information content (AvgIpc) is 2.58. The van der Waals surface area contributed by atoms with Crippen LogP contribution >= 0.6 is 0 Å². The van der Waals surface area contributed by atoms with Crippen molar-refractivity contribution in [1.29, 1.82) is 0 Å². The van der Waals surface area contributed by atoms with Gasteiger partial charge in [0, 0.05) is 5.56 Å². The Morgan fingerprint density at radius 3 is 2.37 bits per heavy atom. The summed E-state index contributed by atoms with van der Waals surface area (Å²) in [5, 5.41) is 7.25. The van der Waals surface area contributed by atoms with E-state index >= 15 is 0 Å². The van der Waals surface area contributed by atoms with Gasteiger partial charge in [-0.3, -0.25) is 0 Å². The second-order valence-corrected chi connectivity index (χ2v) is 5.76. The Labute approximate surface area is 148 Å². The number of rotatable bonds is 3. The van der Waals surface area contributed by atoms with Gasteiger partial charge in [0.15, 0.2) is 6.61 Å². The molecule has 3 rings (SSSR count). The van der Waals surface area contributed by atoms with Crippen LogP contribution in [0, 0.1) is 6.92 Å². The zero-order valence-electron chi connectivity index (χ0n) is 13.7. The van der Waals surface area contributed by atoms with Gasteiger partial charge in [0.25, 0.3) is 0 Å². The van der Waals surface area contributed by atoms with Crippen LogP contribution in [0.2, 0.25) is 0 Å². The van der Waals surface area contributed by atoms with Crippen LogP contribution in [0.3, 0.4) is 0 Å². The summed E-state index contributed by atoms with van der Waals surface area (Å²) >= 11 is 0. The maximum absolute atomic E-state index is 13.0. The molecule has 10 heteroatoms. The van der Waals surface area contributed by atoms with Crippen molar-refractivity contribution >= 4 is 11.0 Å². The third-order valence-electron chi connectivity index (χ3n) is 3.55. The highest BCUT2D eigenvalue weighted by atomic mass is 19.4. The third-order valence-corrected chi connectivity index (χ3v) is 3.55. The highest BCUT2D eigenvalue weighted by Gasteiger charge is 2.31. The largest absolute Gasteiger partial charge is 0.453 e. The molecular formula is C17H11F6N3O. The summed E-state index contributed by atoms with van der Waals surface area (Å²) in [5.74, 6) is 0. The molecular weight excluding hydrogens is 376 g/mol. The van der Waals surface area contributed by atoms with Crippen LogP contribution < -0.4 is 4.74 Å². The van der Waals surface area contributed by atoms with E-state index in [9.17, 15) is 26.3 Å². The lowest BCUT2D eigenvalue weighted by atomic mass is 9.99. The summed E-state index contributed by atoms with van der Waals surface area (Å²) in [5.41, 5.74) is 0.609. The summed E-state index contributed by atoms with van der Waals surface area (Å²) in [6, 6.07) is 7.07. The van der Waals surface area contributed by atoms with Gasteiger partial charge < -0.3 is 4.74 Å². The number of aryl methyl sites for hydroxylation is 1. The zero-order valence-corrected chi connectivity index (χ0v) is 13.7. The minimum Gasteiger partial charge on any atom is -0.453 e. The fourth-order valence-corrected chi connectivity index (χ4v) is 2.46. The summed E-state index contributed by atoms with van der Waals surface area (Å²) in [4.78, 5) is 3.91. The van der Waals surface area contributed by atoms with Gasteiger partial charge >= 0.3 is 18.4 Å². The quantitative estimate of drug-likeness (QED) is 0.596. The van der Waals surface area contributed by atoms with Crippen LogP contribution in [0.25, 0.3) is 22.2 Å². The van der Waals surface area contributed by atoms with Crippen molar-refractivity contribution in [3.63, 3.8) is 0 Å². The maximum Gasteiger partial charge on any atom is 0.422 e. The molecule has 4 nitrogen and oxygen atoms in total. The van der Waals surface area contributed by atoms with Crippen LogP contribution in [0.4, 0.5) is 26.3 Å². The molecule has 0 unspecified atom stereocenters. The van der Waals surface area contributed by atoms with Gasteiger partial charge in [-0.05, 0) is 42.3 Å². The number of nitrogens with zero attached hydrogens (tertiary/aromatic N) is 3. The molecule has 3 aromatic rings. The number of fused-ring (bicyclic) bond motifs is 1. The van der Waals surface area contributed by atoms with Crippen LogP contribution in [-0.2, 0) is 6.18 Å². The Kier molecular flexibility index (Phi) is 4.66. The lowest BCUT2D eigenvalue weighted by molar-refractivity contribution is -0.154. The topological polar surface area (TPSA) is 47.9 Å². The Hall–Kier alpha value is -2.91. The van der Waals surface area contributed by atoms with E-state index in [2.05, 4.69) is 19.9 Å². The first-order chi connectivity index (χ1) is 12.5. The summed E-state index contributed by atoms with van der Waals surface area (Å²) in [6.07, 6.45) is -9.13. The Balaban J connectivity index is 2.11. The third kappa shape index (κ3) is 4.44. The van der Waals surface area contributed by atoms with Crippen molar-refractivity contribution in [3.05, 3.63) is 47.5 Å². The van der Waals surface area contributed by atoms with E-state index in [1.54, 1.807) is 19.1 Å². The Morgan fingerprint density at radius 1 is 0.963 bits per heavy atom. The van der Waals surface area contributed by atoms with E-state index in [1.807, 2.05) is 0 Å². The van der Waals surface area contributed by atoms with Gasteiger partial charge in [0.2, 0.25) is 0 Å². The van der Waals surface area contributed by atoms with E-state index in [1.165, 1.54) is 12.1 Å². The fraction of sp³-hybridized carbons (Fsp3) is 0.235. The molecule has 27 heavy (non-hydrogen) atoms. The van der Waals surface area contributed by atoms with Gasteiger partial charge in [-0.25, -0.2) is 0 Å². The predicted molar refractivity (Wildman–Crippen MR) is 84.1 cm³/mol. The van der Waals surface area contributed by atoms with E-state index in [0.29, 0.717) is 5.56 Å². The molecule has 0 radical (unpaired) electrons. The molecule has 0 amide bonds. The van der Waals surface area contributed by atoms with Gasteiger partial charge in [-0.1, -0.05) is 17.2 Å². The molecule has 2 aromatic carbocycles. The fourth-order valence-electron chi connectivity index (χ4n) is 2.46. The monoisotopic (exact) mass is 387 g/mol. The smallest absolute Gasteiger partial charge is 0.422 e. The highest BCUT2D eigenvalue weighted by molar-refractivity contribution is 5.92. The molecule has 1 aromatic heterocycles. The lowest BCUT2D eigenvalue weighted by Crippen LogP contribution is -2.20. The molecule has 0 aliphatic carbocycles. The number of halogens is 6. The molecule has 0 bridgehead atoms. The van der Waals surface area contributed by atoms with E-state index in [0.717, 1.165) is 12.1 Å². The normalized spacial score (nSPS) is 12.4. The molecule has 0 N–H and O–H groups in total. The Bertz CT molecular complexity index is 985. The van der Waals surface area contributed by atoms with E-state index in [4.69, 9.17) is 0 Å². The standard InChI is InChI=1S/C17H11F6N3O/c1-9-5-12(10-3-2-4-11(7-10)17(21,22)23)14-13(6-9)25-26-15(24-14)27-8-16(18,19)20/h2-7H,8H2,1H3. The summed E-state index contributed by atoms with van der Waals surface area (Å²) in [7, 11) is 0. The molecule has 0 fully saturated rings. The van der Waals surface area contributed by atoms with Crippen molar-refractivity contribution in [2.24, 2.45) is 0 Å². The van der Waals surface area contributed by atoms with E-state index in [-0.39, 0.29) is 22.2 Å². The predicted octanol–water partition coefficient (Wildman–Crippen LogP) is 4.96. The molecule has 0 saturated carbocycles. The first kappa shape index (κ1) is 18.9. The molecule has 0 saturated heterocycles. The van der Waals surface area contributed by atoms with Gasteiger partial charge in [0.05, 0.1) is 5.56 Å².